The predicted octanol–water partition coefficient (Wildman–Crippen LogP) is 35.6. The molecule has 560 valence electrons. The molecule has 0 spiro atoms. The summed E-state index contributed by atoms with van der Waals surface area (Å²) in [5, 5.41) is 0. The largest absolute Gasteiger partial charge is 0.0654 e. The number of hydrogen-bond donors (Lipinski definition) is 0. The Morgan fingerprint density at radius 2 is 0.161 bits per heavy atom. The van der Waals surface area contributed by atoms with Crippen LogP contribution in [-0.4, -0.2) is 32.3 Å². The van der Waals surface area contributed by atoms with Gasteiger partial charge in [-0.25, -0.2) is 0 Å². The van der Waals surface area contributed by atoms with Crippen LogP contribution >= 0.6 is 0 Å². The Kier molecular flexibility index (Phi) is 73.3. The van der Waals surface area contributed by atoms with Gasteiger partial charge in [0.15, 0.2) is 0 Å². The van der Waals surface area contributed by atoms with E-state index in [0.717, 1.165) is 0 Å². The highest BCUT2D eigenvalue weighted by Crippen LogP contribution is 2.44. The minimum absolute atomic E-state index is 1.39. The first-order valence-electron chi connectivity index (χ1n) is 45.7. The van der Waals surface area contributed by atoms with Crippen molar-refractivity contribution in [1.82, 2.24) is 0 Å². The molecule has 0 amide bonds. The molecule has 0 nitrogen and oxygen atoms in total. The van der Waals surface area contributed by atoms with Crippen LogP contribution in [0.3, 0.4) is 0 Å². The van der Waals surface area contributed by atoms with E-state index in [9.17, 15) is 0 Å². The second kappa shape index (κ2) is 72.6. The smallest absolute Gasteiger partial charge is 0.0535 e. The molecule has 0 bridgehead atoms. The van der Waals surface area contributed by atoms with Crippen molar-refractivity contribution in [2.24, 2.45) is 0 Å². The molecule has 0 fully saturated rings. The average molecular weight is 1370 g/mol. The maximum Gasteiger partial charge on any atom is 0.0535 e. The lowest BCUT2D eigenvalue weighted by molar-refractivity contribution is 0.603. The van der Waals surface area contributed by atoms with Crippen molar-refractivity contribution in [3.8, 4) is 0 Å². The summed E-state index contributed by atoms with van der Waals surface area (Å²) >= 11 is 0. The highest BCUT2D eigenvalue weighted by atomic mass is 28.3. The van der Waals surface area contributed by atoms with Crippen molar-refractivity contribution in [1.29, 1.82) is 0 Å². The predicted molar refractivity (Wildman–Crippen MR) is 448 cm³/mol. The molecule has 0 aromatic rings. The van der Waals surface area contributed by atoms with Crippen LogP contribution in [-0.2, 0) is 0 Å². The van der Waals surface area contributed by atoms with E-state index in [2.05, 4.69) is 69.2 Å². The summed E-state index contributed by atoms with van der Waals surface area (Å²) < 4.78 is 0. The van der Waals surface area contributed by atoms with Gasteiger partial charge >= 0.3 is 0 Å². The van der Waals surface area contributed by atoms with Crippen molar-refractivity contribution < 1.29 is 0 Å². The lowest BCUT2D eigenvalue weighted by Crippen LogP contribution is -2.40. The average Bonchev–Trinajstić information content (AvgIpc) is 0.992. The van der Waals surface area contributed by atoms with Crippen molar-refractivity contribution in [2.75, 3.05) is 0 Å². The molecule has 93 heavy (non-hydrogen) atoms. The van der Waals surface area contributed by atoms with Gasteiger partial charge in [-0.2, -0.15) is 0 Å². The monoisotopic (exact) mass is 1370 g/mol. The first-order chi connectivity index (χ1) is 45.7. The molecule has 0 aliphatic rings. The normalized spacial score (nSPS) is 12.6. The highest BCUT2D eigenvalue weighted by molar-refractivity contribution is 6.83. The first kappa shape index (κ1) is 93.9. The van der Waals surface area contributed by atoms with Crippen molar-refractivity contribution in [2.45, 2.75) is 570 Å². The van der Waals surface area contributed by atoms with Gasteiger partial charge in [-0.15, -0.1) is 0 Å². The van der Waals surface area contributed by atoms with E-state index in [1.807, 2.05) is 0 Å². The van der Waals surface area contributed by atoms with Gasteiger partial charge in [-0.1, -0.05) is 570 Å². The topological polar surface area (TPSA) is 0 Å². The van der Waals surface area contributed by atoms with Crippen LogP contribution in [0.4, 0.5) is 0 Å². The lowest BCUT2D eigenvalue weighted by atomic mass is 10.1. The second-order valence-electron chi connectivity index (χ2n) is 33.7. The Labute approximate surface area is 598 Å². The van der Waals surface area contributed by atoms with E-state index in [1.165, 1.54) is 257 Å². The molecule has 0 aliphatic carbocycles. The molecule has 0 saturated heterocycles. The summed E-state index contributed by atoms with van der Waals surface area (Å²) in [6.45, 7) is 24.3. The molecule has 0 N–H and O–H groups in total. The van der Waals surface area contributed by atoms with Gasteiger partial charge in [0.25, 0.3) is 0 Å². The van der Waals surface area contributed by atoms with E-state index in [0.29, 0.717) is 0 Å². The Hall–Kier alpha value is 0.868. The first-order valence-corrected chi connectivity index (χ1v) is 57.0. The third kappa shape index (κ3) is 58.1. The van der Waals surface area contributed by atoms with E-state index < -0.39 is 32.3 Å². The molecule has 0 radical (unpaired) electrons. The third-order valence-corrected chi connectivity index (χ3v) is 47.5. The minimum atomic E-state index is -1.57. The lowest BCUT2D eigenvalue weighted by Gasteiger charge is -2.39. The Balaban J connectivity index is 8.09. The number of rotatable bonds is 82. The van der Waals surface area contributed by atoms with Crippen LogP contribution in [0.25, 0.3) is 0 Å². The van der Waals surface area contributed by atoms with Crippen LogP contribution < -0.4 is 0 Å². The van der Waals surface area contributed by atoms with Crippen LogP contribution in [0.1, 0.15) is 474 Å². The van der Waals surface area contributed by atoms with Crippen molar-refractivity contribution >= 4 is 32.3 Å². The molecule has 0 unspecified atom stereocenters. The maximum absolute atomic E-state index is 2.45. The second-order valence-corrected chi connectivity index (χ2v) is 53.7. The van der Waals surface area contributed by atoms with Gasteiger partial charge in [0.05, 0.1) is 32.3 Å². The van der Waals surface area contributed by atoms with E-state index in [-0.39, 0.29) is 0 Å². The minimum Gasteiger partial charge on any atom is -0.0654 e. The zero-order valence-electron chi connectivity index (χ0n) is 67.9. The van der Waals surface area contributed by atoms with E-state index in [1.54, 1.807) is 244 Å². The zero-order chi connectivity index (χ0) is 67.9. The van der Waals surface area contributed by atoms with Crippen LogP contribution in [0.5, 0.6) is 0 Å². The number of hydrogen-bond acceptors (Lipinski definition) is 0. The molecular formula is C89H188Si4. The van der Waals surface area contributed by atoms with Crippen LogP contribution in [0.2, 0.25) is 96.7 Å². The third-order valence-electron chi connectivity index (χ3n) is 24.8. The van der Waals surface area contributed by atoms with Gasteiger partial charge in [-0.3, -0.25) is 0 Å². The quantitative estimate of drug-likeness (QED) is 0.0421. The fourth-order valence-electron chi connectivity index (χ4n) is 18.3. The summed E-state index contributed by atoms with van der Waals surface area (Å²) in [6, 6.07) is 27.7. The standard InChI is InChI=1S/C89H188Si4/c1-11-21-31-41-51-61-74-90(75-62-52-42-32-22-12-2,76-63-53-43-33-23-13-3)84-71-87-93(83-70-60-50-40-30-20-10,88-72-85-91(77-64-54-44-34-24-14-4,78-65-55-45-35-25-15-5)79-66-56-46-36-26-16-6)89-73-86-92(80-67-57-47-37-27-17-7,81-68-58-48-38-28-18-8)82-69-59-49-39-29-19-9/h11-89H2,1-10H3. The molecule has 0 aliphatic heterocycles. The van der Waals surface area contributed by atoms with Crippen molar-refractivity contribution in [3.63, 3.8) is 0 Å². The summed E-state index contributed by atoms with van der Waals surface area (Å²) in [5.74, 6) is 0. The Morgan fingerprint density at radius 3 is 0.258 bits per heavy atom. The van der Waals surface area contributed by atoms with Crippen LogP contribution in [0, 0.1) is 0 Å². The summed E-state index contributed by atoms with van der Waals surface area (Å²) in [5.41, 5.74) is 0. The SMILES string of the molecule is CCCCCCCC[Si](CCCCCCCC)(CCCCCCCC)CCC[Si](CCCCCCCC)(CCC[Si](CCCCCCCC)(CCCCCCCC)CCCCCCCC)CCC[Si](CCCCCCCC)(CCCCCCCC)CCCCCCCC. The Morgan fingerprint density at radius 1 is 0.0860 bits per heavy atom. The van der Waals surface area contributed by atoms with Gasteiger partial charge in [0.1, 0.15) is 0 Å². The van der Waals surface area contributed by atoms with Gasteiger partial charge in [0.2, 0.25) is 0 Å². The van der Waals surface area contributed by atoms with Gasteiger partial charge in [-0.05, 0) is 0 Å². The highest BCUT2D eigenvalue weighted by Gasteiger charge is 2.39. The summed E-state index contributed by atoms with van der Waals surface area (Å²) in [4.78, 5) is 0. The molecule has 0 aromatic heterocycles. The fraction of sp³-hybridized carbons (Fsp3) is 1.00. The van der Waals surface area contributed by atoms with E-state index in [4.69, 9.17) is 0 Å². The Bertz CT molecular complexity index is 1120. The molecule has 0 atom stereocenters. The van der Waals surface area contributed by atoms with Gasteiger partial charge in [0, 0.05) is 0 Å². The fourth-order valence-corrected chi connectivity index (χ4v) is 40.9. The molecule has 0 saturated carbocycles. The van der Waals surface area contributed by atoms with Crippen LogP contribution in [0.15, 0.2) is 0 Å². The van der Waals surface area contributed by atoms with Crippen molar-refractivity contribution in [3.05, 3.63) is 0 Å². The zero-order valence-corrected chi connectivity index (χ0v) is 71.9. The molecule has 0 aromatic carbocycles. The molecular weight excluding hydrogens is 1180 g/mol. The maximum atomic E-state index is 2.45. The molecule has 0 heterocycles. The molecule has 0 rings (SSSR count). The number of unbranched alkanes of at least 4 members (excludes halogenated alkanes) is 50. The van der Waals surface area contributed by atoms with E-state index >= 15 is 0 Å². The summed E-state index contributed by atoms with van der Waals surface area (Å²) in [6.07, 6.45) is 95.1. The van der Waals surface area contributed by atoms with Gasteiger partial charge < -0.3 is 0 Å². The molecule has 4 heteroatoms. The summed E-state index contributed by atoms with van der Waals surface area (Å²) in [7, 11) is -5.79.